The third kappa shape index (κ3) is 4.64. The summed E-state index contributed by atoms with van der Waals surface area (Å²) in [5.41, 5.74) is 2.15. The number of amides is 3. The van der Waals surface area contributed by atoms with E-state index in [4.69, 9.17) is 11.6 Å². The number of nitrogens with zero attached hydrogens (tertiary/aromatic N) is 2. The molecule has 6 nitrogen and oxygen atoms in total. The normalized spacial score (nSPS) is 14.2. The number of carbonyl (C=O) groups is 3. The Morgan fingerprint density at radius 1 is 1.03 bits per heavy atom. The number of benzene rings is 3. The van der Waals surface area contributed by atoms with Gasteiger partial charge in [-0.15, -0.1) is 0 Å². The minimum atomic E-state index is -0.715. The first kappa shape index (κ1) is 23.8. The van der Waals surface area contributed by atoms with Crippen LogP contribution in [0.15, 0.2) is 60.7 Å². The smallest absolute Gasteiger partial charge is 0.259 e. The van der Waals surface area contributed by atoms with Crippen LogP contribution in [-0.2, 0) is 16.1 Å². The van der Waals surface area contributed by atoms with Crippen molar-refractivity contribution in [1.29, 1.82) is 0 Å². The topological polar surface area (TPSA) is 69.7 Å². The summed E-state index contributed by atoms with van der Waals surface area (Å²) in [6, 6.07) is 17.7. The average Bonchev–Trinajstić information content (AvgIpc) is 3.11. The van der Waals surface area contributed by atoms with E-state index in [1.54, 1.807) is 25.1 Å². The molecule has 34 heavy (non-hydrogen) atoms. The second-order valence-corrected chi connectivity index (χ2v) is 9.15. The van der Waals surface area contributed by atoms with Gasteiger partial charge in [-0.25, -0.2) is 0 Å². The van der Waals surface area contributed by atoms with Crippen molar-refractivity contribution in [3.8, 4) is 0 Å². The third-order valence-corrected chi connectivity index (χ3v) is 6.63. The standard InChI is InChI=1S/C27H28ClN3O3/c1-4-17(2)29-26(33)18(3)30(15-19-11-13-21(28)14-12-19)24(32)16-31-23-10-6-8-20-7-5-9-22(25(20)23)27(31)34/h5-14,17-18H,4,15-16H2,1-3H3,(H,29,33)/t17-,18-/m0/s1. The fourth-order valence-corrected chi connectivity index (χ4v) is 4.32. The van der Waals surface area contributed by atoms with Crippen molar-refractivity contribution in [2.45, 2.75) is 45.8 Å². The number of nitrogens with one attached hydrogen (secondary N) is 1. The molecule has 1 aliphatic rings. The highest BCUT2D eigenvalue weighted by Crippen LogP contribution is 2.37. The van der Waals surface area contributed by atoms with Crippen molar-refractivity contribution < 1.29 is 14.4 Å². The van der Waals surface area contributed by atoms with Crippen LogP contribution in [0.4, 0.5) is 5.69 Å². The van der Waals surface area contributed by atoms with Crippen molar-refractivity contribution in [2.24, 2.45) is 0 Å². The molecule has 1 N–H and O–H groups in total. The summed E-state index contributed by atoms with van der Waals surface area (Å²) in [4.78, 5) is 42.8. The molecule has 0 aliphatic carbocycles. The van der Waals surface area contributed by atoms with Gasteiger partial charge in [0.25, 0.3) is 5.91 Å². The van der Waals surface area contributed by atoms with Crippen molar-refractivity contribution >= 4 is 45.8 Å². The summed E-state index contributed by atoms with van der Waals surface area (Å²) in [6.07, 6.45) is 0.786. The lowest BCUT2D eigenvalue weighted by atomic mass is 10.1. The third-order valence-electron chi connectivity index (χ3n) is 6.38. The van der Waals surface area contributed by atoms with Gasteiger partial charge in [0, 0.05) is 28.6 Å². The summed E-state index contributed by atoms with van der Waals surface area (Å²) >= 11 is 6.02. The van der Waals surface area contributed by atoms with Gasteiger partial charge in [0.1, 0.15) is 12.6 Å². The lowest BCUT2D eigenvalue weighted by molar-refractivity contribution is -0.139. The molecule has 0 fully saturated rings. The number of carbonyl (C=O) groups excluding carboxylic acids is 3. The van der Waals surface area contributed by atoms with E-state index < -0.39 is 6.04 Å². The molecule has 176 valence electrons. The van der Waals surface area contributed by atoms with Gasteiger partial charge in [0.2, 0.25) is 11.8 Å². The molecule has 1 heterocycles. The number of anilines is 1. The van der Waals surface area contributed by atoms with Crippen LogP contribution in [0.2, 0.25) is 5.02 Å². The molecule has 0 unspecified atom stereocenters. The monoisotopic (exact) mass is 477 g/mol. The summed E-state index contributed by atoms with van der Waals surface area (Å²) in [6.45, 7) is 5.71. The quantitative estimate of drug-likeness (QED) is 0.507. The number of rotatable bonds is 8. The number of hydrogen-bond acceptors (Lipinski definition) is 3. The first-order valence-electron chi connectivity index (χ1n) is 11.5. The van der Waals surface area contributed by atoms with Crippen LogP contribution in [0.1, 0.15) is 43.1 Å². The fourth-order valence-electron chi connectivity index (χ4n) is 4.20. The Labute approximate surface area is 204 Å². The average molecular weight is 478 g/mol. The van der Waals surface area contributed by atoms with Gasteiger partial charge in [0.15, 0.2) is 0 Å². The minimum Gasteiger partial charge on any atom is -0.352 e. The lowest BCUT2D eigenvalue weighted by Gasteiger charge is -2.31. The highest BCUT2D eigenvalue weighted by atomic mass is 35.5. The highest BCUT2D eigenvalue weighted by molar-refractivity contribution is 6.30. The predicted octanol–water partition coefficient (Wildman–Crippen LogP) is 4.79. The Hall–Kier alpha value is -3.38. The Kier molecular flexibility index (Phi) is 6.89. The molecule has 3 aromatic rings. The van der Waals surface area contributed by atoms with E-state index in [0.717, 1.165) is 28.4 Å². The van der Waals surface area contributed by atoms with Crippen LogP contribution >= 0.6 is 11.6 Å². The molecule has 1 aliphatic heterocycles. The second-order valence-electron chi connectivity index (χ2n) is 8.71. The van der Waals surface area contributed by atoms with Crippen LogP contribution in [0.5, 0.6) is 0 Å². The summed E-state index contributed by atoms with van der Waals surface area (Å²) < 4.78 is 0. The fraction of sp³-hybridized carbons (Fsp3) is 0.296. The first-order chi connectivity index (χ1) is 16.3. The van der Waals surface area contributed by atoms with Crippen molar-refractivity contribution in [3.05, 3.63) is 76.8 Å². The Morgan fingerprint density at radius 3 is 2.38 bits per heavy atom. The maximum Gasteiger partial charge on any atom is 0.259 e. The number of halogens is 1. The van der Waals surface area contributed by atoms with Gasteiger partial charge >= 0.3 is 0 Å². The van der Waals surface area contributed by atoms with E-state index in [1.807, 2.05) is 56.3 Å². The molecule has 0 saturated carbocycles. The van der Waals surface area contributed by atoms with Gasteiger partial charge in [-0.2, -0.15) is 0 Å². The van der Waals surface area contributed by atoms with Gasteiger partial charge in [-0.3, -0.25) is 19.3 Å². The molecular weight excluding hydrogens is 450 g/mol. The van der Waals surface area contributed by atoms with Crippen LogP contribution in [0, 0.1) is 0 Å². The lowest BCUT2D eigenvalue weighted by Crippen LogP contribution is -2.52. The predicted molar refractivity (Wildman–Crippen MR) is 135 cm³/mol. The second kappa shape index (κ2) is 9.85. The van der Waals surface area contributed by atoms with E-state index in [9.17, 15) is 14.4 Å². The van der Waals surface area contributed by atoms with Crippen molar-refractivity contribution in [2.75, 3.05) is 11.4 Å². The zero-order valence-corrected chi connectivity index (χ0v) is 20.3. The summed E-state index contributed by atoms with van der Waals surface area (Å²) in [5.74, 6) is -0.738. The van der Waals surface area contributed by atoms with Crippen LogP contribution in [0.25, 0.3) is 10.8 Å². The molecule has 2 atom stereocenters. The number of hydrogen-bond donors (Lipinski definition) is 1. The van der Waals surface area contributed by atoms with E-state index in [-0.39, 0.29) is 36.9 Å². The zero-order chi connectivity index (χ0) is 24.4. The van der Waals surface area contributed by atoms with Gasteiger partial charge in [-0.1, -0.05) is 54.9 Å². The van der Waals surface area contributed by atoms with Crippen molar-refractivity contribution in [1.82, 2.24) is 10.2 Å². The minimum absolute atomic E-state index is 0.00491. The maximum atomic E-state index is 13.6. The molecule has 4 rings (SSSR count). The summed E-state index contributed by atoms with van der Waals surface area (Å²) in [5, 5.41) is 5.37. The van der Waals surface area contributed by atoms with Gasteiger partial charge < -0.3 is 10.2 Å². The van der Waals surface area contributed by atoms with E-state index in [2.05, 4.69) is 5.32 Å². The Bertz CT molecular complexity index is 1240. The molecule has 0 aromatic heterocycles. The van der Waals surface area contributed by atoms with E-state index >= 15 is 0 Å². The van der Waals surface area contributed by atoms with Crippen LogP contribution in [-0.4, -0.2) is 41.2 Å². The largest absolute Gasteiger partial charge is 0.352 e. The molecule has 0 bridgehead atoms. The van der Waals surface area contributed by atoms with Crippen LogP contribution < -0.4 is 10.2 Å². The Balaban J connectivity index is 1.61. The molecule has 3 aromatic carbocycles. The maximum absolute atomic E-state index is 13.6. The zero-order valence-electron chi connectivity index (χ0n) is 19.5. The van der Waals surface area contributed by atoms with Crippen molar-refractivity contribution in [3.63, 3.8) is 0 Å². The van der Waals surface area contributed by atoms with E-state index in [0.29, 0.717) is 10.6 Å². The van der Waals surface area contributed by atoms with Gasteiger partial charge in [0.05, 0.1) is 5.69 Å². The SMILES string of the molecule is CC[C@H](C)NC(=O)[C@H](C)N(Cc1ccc(Cl)cc1)C(=O)CN1C(=O)c2cccc3cccc1c23. The molecular formula is C27H28ClN3O3. The Morgan fingerprint density at radius 2 is 1.71 bits per heavy atom. The molecule has 0 spiro atoms. The molecule has 0 radical (unpaired) electrons. The van der Waals surface area contributed by atoms with Crippen LogP contribution in [0.3, 0.4) is 0 Å². The summed E-state index contributed by atoms with van der Waals surface area (Å²) in [7, 11) is 0. The first-order valence-corrected chi connectivity index (χ1v) is 11.9. The molecule has 7 heteroatoms. The molecule has 3 amide bonds. The van der Waals surface area contributed by atoms with Gasteiger partial charge in [-0.05, 0) is 55.5 Å². The van der Waals surface area contributed by atoms with E-state index in [1.165, 1.54) is 9.80 Å². The molecule has 0 saturated heterocycles. The highest BCUT2D eigenvalue weighted by Gasteiger charge is 2.34.